The summed E-state index contributed by atoms with van der Waals surface area (Å²) in [5.74, 6) is 0.871. The third kappa shape index (κ3) is 3.55. The highest BCUT2D eigenvalue weighted by Crippen LogP contribution is 2.07. The average molecular weight is 224 g/mol. The second-order valence-corrected chi connectivity index (χ2v) is 3.81. The van der Waals surface area contributed by atoms with Gasteiger partial charge in [-0.2, -0.15) is 0 Å². The number of carbonyl (C=O) groups is 2. The number of carbonyl (C=O) groups excluding carboxylic acids is 1. The maximum Gasteiger partial charge on any atom is 0.327 e. The zero-order valence-electron chi connectivity index (χ0n) is 9.03. The van der Waals surface area contributed by atoms with Crippen LogP contribution in [0.5, 0.6) is 0 Å². The van der Waals surface area contributed by atoms with Crippen molar-refractivity contribution in [2.24, 2.45) is 0 Å². The molecule has 1 aliphatic heterocycles. The maximum absolute atomic E-state index is 11.7. The van der Waals surface area contributed by atoms with Gasteiger partial charge in [0.25, 0.3) is 0 Å². The number of carboxylic acid groups (broad SMARTS) is 1. The molecular weight excluding hydrogens is 208 g/mol. The molecule has 1 rings (SSSR count). The number of hydrogen-bond donors (Lipinski definition) is 3. The minimum absolute atomic E-state index is 0.00773. The molecule has 1 aliphatic rings. The van der Waals surface area contributed by atoms with E-state index in [1.165, 1.54) is 0 Å². The van der Waals surface area contributed by atoms with Crippen molar-refractivity contribution in [3.05, 3.63) is 0 Å². The molecule has 1 fully saturated rings. The SMILES string of the molecule is C#CCC(NC(=O)C1CCCCN1)C(=O)O. The van der Waals surface area contributed by atoms with Gasteiger partial charge in [-0.1, -0.05) is 6.42 Å². The van der Waals surface area contributed by atoms with Crippen LogP contribution in [0.4, 0.5) is 0 Å². The summed E-state index contributed by atoms with van der Waals surface area (Å²) in [5.41, 5.74) is 0. The molecule has 0 spiro atoms. The van der Waals surface area contributed by atoms with E-state index in [9.17, 15) is 9.59 Å². The minimum atomic E-state index is -1.10. The molecular formula is C11H16N2O3. The summed E-state index contributed by atoms with van der Waals surface area (Å²) < 4.78 is 0. The van der Waals surface area contributed by atoms with Gasteiger partial charge in [0.05, 0.1) is 6.04 Å². The van der Waals surface area contributed by atoms with Crippen LogP contribution < -0.4 is 10.6 Å². The molecule has 1 heterocycles. The Balaban J connectivity index is 2.47. The number of rotatable bonds is 4. The van der Waals surface area contributed by atoms with Crippen molar-refractivity contribution >= 4 is 11.9 Å². The van der Waals surface area contributed by atoms with Crippen molar-refractivity contribution < 1.29 is 14.7 Å². The van der Waals surface area contributed by atoms with Gasteiger partial charge in [-0.3, -0.25) is 4.79 Å². The number of hydrogen-bond acceptors (Lipinski definition) is 3. The van der Waals surface area contributed by atoms with E-state index in [-0.39, 0.29) is 18.4 Å². The Hall–Kier alpha value is -1.54. The van der Waals surface area contributed by atoms with E-state index in [0.717, 1.165) is 25.8 Å². The summed E-state index contributed by atoms with van der Waals surface area (Å²) in [6.07, 6.45) is 7.83. The van der Waals surface area contributed by atoms with Crippen LogP contribution in [0, 0.1) is 12.3 Å². The summed E-state index contributed by atoms with van der Waals surface area (Å²) in [6, 6.07) is -1.27. The molecule has 0 radical (unpaired) electrons. The molecule has 16 heavy (non-hydrogen) atoms. The van der Waals surface area contributed by atoms with Gasteiger partial charge in [0, 0.05) is 6.42 Å². The topological polar surface area (TPSA) is 78.4 Å². The standard InChI is InChI=1S/C11H16N2O3/c1-2-5-9(11(15)16)13-10(14)8-6-3-4-7-12-8/h1,8-9,12H,3-7H2,(H,13,14)(H,15,16). The van der Waals surface area contributed by atoms with E-state index in [1.807, 2.05) is 0 Å². The predicted octanol–water partition coefficient (Wildman–Crippen LogP) is -0.279. The Labute approximate surface area is 94.6 Å². The Morgan fingerprint density at radius 2 is 2.31 bits per heavy atom. The number of amides is 1. The third-order valence-electron chi connectivity index (χ3n) is 2.56. The Bertz CT molecular complexity index is 303. The number of nitrogens with one attached hydrogen (secondary N) is 2. The van der Waals surface area contributed by atoms with Gasteiger partial charge < -0.3 is 15.7 Å². The lowest BCUT2D eigenvalue weighted by Gasteiger charge is -2.24. The minimum Gasteiger partial charge on any atom is -0.480 e. The van der Waals surface area contributed by atoms with Gasteiger partial charge >= 0.3 is 5.97 Å². The predicted molar refractivity (Wildman–Crippen MR) is 58.7 cm³/mol. The summed E-state index contributed by atoms with van der Waals surface area (Å²) in [7, 11) is 0. The molecule has 0 aromatic rings. The van der Waals surface area contributed by atoms with Gasteiger partial charge in [-0.25, -0.2) is 4.79 Å². The molecule has 1 amide bonds. The fourth-order valence-corrected chi connectivity index (χ4v) is 1.67. The molecule has 5 heteroatoms. The van der Waals surface area contributed by atoms with E-state index in [0.29, 0.717) is 0 Å². The highest BCUT2D eigenvalue weighted by molar-refractivity contribution is 5.87. The second kappa shape index (κ2) is 6.13. The number of aliphatic carboxylic acids is 1. The first-order valence-electron chi connectivity index (χ1n) is 5.35. The maximum atomic E-state index is 11.7. The fourth-order valence-electron chi connectivity index (χ4n) is 1.67. The third-order valence-corrected chi connectivity index (χ3v) is 2.56. The highest BCUT2D eigenvalue weighted by Gasteiger charge is 2.25. The molecule has 2 unspecified atom stereocenters. The van der Waals surface area contributed by atoms with E-state index in [4.69, 9.17) is 11.5 Å². The lowest BCUT2D eigenvalue weighted by atomic mass is 10.0. The quantitative estimate of drug-likeness (QED) is 0.574. The second-order valence-electron chi connectivity index (χ2n) is 3.81. The first kappa shape index (κ1) is 12.5. The number of terminal acetylenes is 1. The Morgan fingerprint density at radius 1 is 1.56 bits per heavy atom. The van der Waals surface area contributed by atoms with Crippen LogP contribution in [-0.2, 0) is 9.59 Å². The Morgan fingerprint density at radius 3 is 2.81 bits per heavy atom. The first-order valence-corrected chi connectivity index (χ1v) is 5.35. The summed E-state index contributed by atoms with van der Waals surface area (Å²) in [4.78, 5) is 22.5. The van der Waals surface area contributed by atoms with E-state index < -0.39 is 12.0 Å². The zero-order chi connectivity index (χ0) is 12.0. The van der Waals surface area contributed by atoms with E-state index in [1.54, 1.807) is 0 Å². The molecule has 5 nitrogen and oxygen atoms in total. The van der Waals surface area contributed by atoms with Crippen molar-refractivity contribution in [1.29, 1.82) is 0 Å². The molecule has 1 saturated heterocycles. The molecule has 0 bridgehead atoms. The lowest BCUT2D eigenvalue weighted by Crippen LogP contribution is -2.51. The fraction of sp³-hybridized carbons (Fsp3) is 0.636. The van der Waals surface area contributed by atoms with Crippen molar-refractivity contribution in [3.8, 4) is 12.3 Å². The molecule has 0 aromatic heterocycles. The van der Waals surface area contributed by atoms with Crippen LogP contribution in [0.15, 0.2) is 0 Å². The monoisotopic (exact) mass is 224 g/mol. The lowest BCUT2D eigenvalue weighted by molar-refractivity contribution is -0.142. The largest absolute Gasteiger partial charge is 0.480 e. The average Bonchev–Trinajstić information content (AvgIpc) is 2.29. The molecule has 2 atom stereocenters. The van der Waals surface area contributed by atoms with Crippen molar-refractivity contribution in [3.63, 3.8) is 0 Å². The van der Waals surface area contributed by atoms with Gasteiger partial charge in [0.2, 0.25) is 5.91 Å². The molecule has 0 aliphatic carbocycles. The Kier molecular flexibility index (Phi) is 4.80. The van der Waals surface area contributed by atoms with Crippen LogP contribution >= 0.6 is 0 Å². The van der Waals surface area contributed by atoms with Crippen LogP contribution in [0.1, 0.15) is 25.7 Å². The van der Waals surface area contributed by atoms with Crippen LogP contribution in [0.2, 0.25) is 0 Å². The van der Waals surface area contributed by atoms with Crippen LogP contribution in [0.25, 0.3) is 0 Å². The molecule has 88 valence electrons. The van der Waals surface area contributed by atoms with Crippen molar-refractivity contribution in [1.82, 2.24) is 10.6 Å². The van der Waals surface area contributed by atoms with Crippen molar-refractivity contribution in [2.45, 2.75) is 37.8 Å². The van der Waals surface area contributed by atoms with Gasteiger partial charge in [-0.15, -0.1) is 12.3 Å². The number of carboxylic acids is 1. The van der Waals surface area contributed by atoms with Crippen LogP contribution in [-0.4, -0.2) is 35.6 Å². The van der Waals surface area contributed by atoms with Crippen LogP contribution in [0.3, 0.4) is 0 Å². The van der Waals surface area contributed by atoms with Gasteiger partial charge in [-0.05, 0) is 19.4 Å². The van der Waals surface area contributed by atoms with Gasteiger partial charge in [0.15, 0.2) is 0 Å². The van der Waals surface area contributed by atoms with E-state index in [2.05, 4.69) is 16.6 Å². The normalized spacial score (nSPS) is 21.8. The number of piperidine rings is 1. The van der Waals surface area contributed by atoms with E-state index >= 15 is 0 Å². The summed E-state index contributed by atoms with van der Waals surface area (Å²) >= 11 is 0. The van der Waals surface area contributed by atoms with Gasteiger partial charge in [0.1, 0.15) is 6.04 Å². The summed E-state index contributed by atoms with van der Waals surface area (Å²) in [5, 5.41) is 14.3. The molecule has 0 aromatic carbocycles. The zero-order valence-corrected chi connectivity index (χ0v) is 9.03. The van der Waals surface area contributed by atoms with Crippen molar-refractivity contribution in [2.75, 3.05) is 6.54 Å². The summed E-state index contributed by atoms with van der Waals surface area (Å²) in [6.45, 7) is 0.797. The smallest absolute Gasteiger partial charge is 0.327 e. The first-order chi connectivity index (χ1) is 7.65. The molecule has 3 N–H and O–H groups in total. The highest BCUT2D eigenvalue weighted by atomic mass is 16.4. The molecule has 0 saturated carbocycles.